The fraction of sp³-hybridized carbons (Fsp3) is 0.0435. The topological polar surface area (TPSA) is 87.6 Å². The summed E-state index contributed by atoms with van der Waals surface area (Å²) in [5, 5.41) is 20.0. The minimum Gasteiger partial charge on any atom is -0.428 e. The van der Waals surface area contributed by atoms with Crippen molar-refractivity contribution < 1.29 is 4.74 Å². The molecule has 0 fully saturated rings. The molecule has 0 saturated carbocycles. The van der Waals surface area contributed by atoms with Crippen LogP contribution in [-0.4, -0.2) is 26.8 Å². The molecule has 9 rings (SSSR count). The zero-order chi connectivity index (χ0) is 35.0. The summed E-state index contributed by atoms with van der Waals surface area (Å²) in [4.78, 5) is 10.3. The van der Waals surface area contributed by atoms with Crippen molar-refractivity contribution in [2.45, 2.75) is 12.8 Å². The summed E-state index contributed by atoms with van der Waals surface area (Å²) in [7, 11) is 0. The van der Waals surface area contributed by atoms with Gasteiger partial charge in [0.25, 0.3) is 0 Å². The first-order valence-corrected chi connectivity index (χ1v) is 17.4. The predicted molar refractivity (Wildman–Crippen MR) is 213 cm³/mol. The Morgan fingerprint density at radius 2 is 1.29 bits per heavy atom. The minimum absolute atomic E-state index is 0.0532. The Morgan fingerprint density at radius 3 is 2.02 bits per heavy atom. The number of nitrogens with one attached hydrogen (secondary N) is 2. The number of rotatable bonds is 7. The molecule has 0 unspecified atom stereocenters. The normalized spacial score (nSPS) is 12.7. The van der Waals surface area contributed by atoms with Crippen LogP contribution in [0, 0.1) is 10.8 Å². The van der Waals surface area contributed by atoms with Crippen molar-refractivity contribution in [3.05, 3.63) is 169 Å². The number of fused-ring (bicyclic) bond motifs is 4. The number of allylic oxidation sites excluding steroid dienone is 4. The van der Waals surface area contributed by atoms with E-state index >= 15 is 0 Å². The first-order valence-electron chi connectivity index (χ1n) is 17.4. The van der Waals surface area contributed by atoms with Crippen molar-refractivity contribution >= 4 is 50.4 Å². The van der Waals surface area contributed by atoms with Gasteiger partial charge >= 0.3 is 0 Å². The maximum absolute atomic E-state index is 8.34. The van der Waals surface area contributed by atoms with E-state index in [1.54, 1.807) is 0 Å². The van der Waals surface area contributed by atoms with Crippen molar-refractivity contribution in [3.63, 3.8) is 0 Å². The molecule has 6 aromatic carbocycles. The number of nitrogens with zero attached hydrogens (tertiary/aromatic N) is 3. The van der Waals surface area contributed by atoms with E-state index in [1.165, 1.54) is 21.8 Å². The van der Waals surface area contributed by atoms with Crippen LogP contribution in [0.1, 0.15) is 24.2 Å². The molecular formula is C46H33N5O. The van der Waals surface area contributed by atoms with Crippen LogP contribution in [0.5, 0.6) is 0 Å². The summed E-state index contributed by atoms with van der Waals surface area (Å²) < 4.78 is 7.46. The van der Waals surface area contributed by atoms with Gasteiger partial charge in [-0.1, -0.05) is 115 Å². The summed E-state index contributed by atoms with van der Waals surface area (Å²) in [6, 6.07) is 48.3. The second kappa shape index (κ2) is 13.1. The highest BCUT2D eigenvalue weighted by molar-refractivity contribution is 6.11. The van der Waals surface area contributed by atoms with Crippen LogP contribution in [-0.2, 0) is 4.74 Å². The fourth-order valence-corrected chi connectivity index (χ4v) is 7.39. The van der Waals surface area contributed by atoms with Gasteiger partial charge in [0.1, 0.15) is 0 Å². The fourth-order valence-electron chi connectivity index (χ4n) is 7.39. The molecule has 2 N–H and O–H groups in total. The number of hydrogen-bond acceptors (Lipinski definition) is 5. The molecule has 0 amide bonds. The van der Waals surface area contributed by atoms with Crippen LogP contribution in [0.4, 0.5) is 0 Å². The van der Waals surface area contributed by atoms with E-state index in [0.717, 1.165) is 80.7 Å². The minimum atomic E-state index is -0.0532. The first kappa shape index (κ1) is 31.1. The molecule has 0 spiro atoms. The SMILES string of the molecule is N=COC(=N)c1cccc2c(-c3cccc(-c4cc(-c5ccc(-n6c7ccccc7c7ccccc76)cc5)nc(C5=CC=CCC5)n4)c3)cccc12. The molecule has 6 heteroatoms. The second-order valence-electron chi connectivity index (χ2n) is 12.9. The summed E-state index contributed by atoms with van der Waals surface area (Å²) in [5.74, 6) is 0.691. The van der Waals surface area contributed by atoms with Gasteiger partial charge in [0.15, 0.2) is 12.2 Å². The highest BCUT2D eigenvalue weighted by Gasteiger charge is 2.16. The molecule has 248 valence electrons. The Balaban J connectivity index is 1.14. The van der Waals surface area contributed by atoms with Crippen molar-refractivity contribution in [2.24, 2.45) is 0 Å². The third kappa shape index (κ3) is 5.47. The zero-order valence-electron chi connectivity index (χ0n) is 28.3. The molecule has 0 aliphatic heterocycles. The predicted octanol–water partition coefficient (Wildman–Crippen LogP) is 11.4. The Morgan fingerprint density at radius 1 is 0.635 bits per heavy atom. The van der Waals surface area contributed by atoms with Crippen molar-refractivity contribution in [1.29, 1.82) is 10.8 Å². The van der Waals surface area contributed by atoms with E-state index in [2.05, 4.69) is 138 Å². The number of ether oxygens (including phenoxy) is 1. The van der Waals surface area contributed by atoms with Gasteiger partial charge in [-0.15, -0.1) is 0 Å². The molecule has 0 atom stereocenters. The first-order chi connectivity index (χ1) is 25.7. The van der Waals surface area contributed by atoms with E-state index < -0.39 is 0 Å². The maximum atomic E-state index is 8.34. The van der Waals surface area contributed by atoms with E-state index in [-0.39, 0.29) is 5.90 Å². The number of para-hydroxylation sites is 2. The highest BCUT2D eigenvalue weighted by Crippen LogP contribution is 2.36. The Labute approximate surface area is 301 Å². The molecule has 0 saturated heterocycles. The standard InChI is InChI=1S/C46H33N5O/c47-29-52-45(48)40-20-10-18-36-35(17-9-19-37(36)40)32-13-8-14-33(27-32)42-28-41(49-46(50-42)31-11-2-1-3-12-31)30-23-25-34(26-24-30)51-43-21-6-4-15-38(43)39-16-5-7-22-44(39)51/h1-2,4-11,13-29,47-48H,3,12H2. The maximum Gasteiger partial charge on any atom is 0.221 e. The molecule has 1 aliphatic rings. The molecule has 6 nitrogen and oxygen atoms in total. The van der Waals surface area contributed by atoms with E-state index in [4.69, 9.17) is 25.5 Å². The van der Waals surface area contributed by atoms with E-state index in [1.807, 2.05) is 24.3 Å². The third-order valence-electron chi connectivity index (χ3n) is 9.84. The van der Waals surface area contributed by atoms with Gasteiger partial charge in [-0.2, -0.15) is 0 Å². The second-order valence-corrected chi connectivity index (χ2v) is 12.9. The average molecular weight is 672 g/mol. The number of aromatic nitrogens is 3. The van der Waals surface area contributed by atoms with Crippen LogP contribution in [0.2, 0.25) is 0 Å². The van der Waals surface area contributed by atoms with Crippen LogP contribution >= 0.6 is 0 Å². The lowest BCUT2D eigenvalue weighted by Crippen LogP contribution is -2.04. The van der Waals surface area contributed by atoms with Crippen LogP contribution in [0.25, 0.3) is 77.5 Å². The van der Waals surface area contributed by atoms with Crippen molar-refractivity contribution in [1.82, 2.24) is 14.5 Å². The van der Waals surface area contributed by atoms with Gasteiger partial charge < -0.3 is 9.30 Å². The van der Waals surface area contributed by atoms with Gasteiger partial charge in [0, 0.05) is 33.2 Å². The summed E-state index contributed by atoms with van der Waals surface area (Å²) in [6.45, 7) is 0. The van der Waals surface area contributed by atoms with E-state index in [0.29, 0.717) is 5.56 Å². The largest absolute Gasteiger partial charge is 0.428 e. The smallest absolute Gasteiger partial charge is 0.221 e. The summed E-state index contributed by atoms with van der Waals surface area (Å²) in [5.41, 5.74) is 11.0. The molecule has 8 aromatic rings. The van der Waals surface area contributed by atoms with Crippen molar-refractivity contribution in [2.75, 3.05) is 0 Å². The lowest BCUT2D eigenvalue weighted by atomic mass is 9.94. The highest BCUT2D eigenvalue weighted by atomic mass is 16.5. The lowest BCUT2D eigenvalue weighted by molar-refractivity contribution is 0.562. The number of hydrogen-bond donors (Lipinski definition) is 2. The van der Waals surface area contributed by atoms with Gasteiger partial charge in [-0.25, -0.2) is 9.97 Å². The van der Waals surface area contributed by atoms with Gasteiger partial charge in [0.05, 0.1) is 22.4 Å². The lowest BCUT2D eigenvalue weighted by Gasteiger charge is -2.14. The van der Waals surface area contributed by atoms with Crippen LogP contribution in [0.15, 0.2) is 158 Å². The summed E-state index contributed by atoms with van der Waals surface area (Å²) >= 11 is 0. The Hall–Kier alpha value is -6.92. The molecule has 0 radical (unpaired) electrons. The molecule has 52 heavy (non-hydrogen) atoms. The van der Waals surface area contributed by atoms with Crippen LogP contribution in [0.3, 0.4) is 0 Å². The average Bonchev–Trinajstić information content (AvgIpc) is 3.55. The molecule has 1 aliphatic carbocycles. The zero-order valence-corrected chi connectivity index (χ0v) is 28.3. The Kier molecular flexibility index (Phi) is 7.82. The van der Waals surface area contributed by atoms with Gasteiger partial charge in [-0.05, 0) is 82.8 Å². The summed E-state index contributed by atoms with van der Waals surface area (Å²) in [6.07, 6.45) is 9.04. The van der Waals surface area contributed by atoms with Crippen molar-refractivity contribution in [3.8, 4) is 39.3 Å². The quantitative estimate of drug-likeness (QED) is 0.131. The number of benzene rings is 6. The molecule has 2 aromatic heterocycles. The Bertz CT molecular complexity index is 2700. The van der Waals surface area contributed by atoms with E-state index in [9.17, 15) is 0 Å². The van der Waals surface area contributed by atoms with Gasteiger partial charge in [0.2, 0.25) is 5.90 Å². The molecule has 0 bridgehead atoms. The monoisotopic (exact) mass is 671 g/mol. The molecule has 2 heterocycles. The van der Waals surface area contributed by atoms with Gasteiger partial charge in [-0.3, -0.25) is 10.8 Å². The van der Waals surface area contributed by atoms with Crippen LogP contribution < -0.4 is 0 Å². The third-order valence-corrected chi connectivity index (χ3v) is 9.84. The molecular weight excluding hydrogens is 639 g/mol.